The Hall–Kier alpha value is -1.20. The molecule has 0 saturated heterocycles. The number of hydrogen-bond acceptors (Lipinski definition) is 4. The van der Waals surface area contributed by atoms with Crippen molar-refractivity contribution in [1.82, 2.24) is 15.5 Å². The fourth-order valence-electron chi connectivity index (χ4n) is 2.38. The lowest BCUT2D eigenvalue weighted by molar-refractivity contribution is 0.286. The maximum atomic E-state index is 5.50. The summed E-state index contributed by atoms with van der Waals surface area (Å²) < 4.78 is 6.47. The minimum atomic E-state index is 0.198. The predicted molar refractivity (Wildman–Crippen MR) is 83.5 cm³/mol. The van der Waals surface area contributed by atoms with Gasteiger partial charge in [0, 0.05) is 16.1 Å². The van der Waals surface area contributed by atoms with Crippen molar-refractivity contribution in [3.63, 3.8) is 0 Å². The highest BCUT2D eigenvalue weighted by molar-refractivity contribution is 9.10. The van der Waals surface area contributed by atoms with Gasteiger partial charge in [0.2, 0.25) is 11.7 Å². The van der Waals surface area contributed by atoms with Crippen LogP contribution in [-0.4, -0.2) is 23.2 Å². The zero-order chi connectivity index (χ0) is 14.7. The molecule has 0 aliphatic heterocycles. The summed E-state index contributed by atoms with van der Waals surface area (Å²) in [6.07, 6.45) is 0. The first-order chi connectivity index (χ1) is 9.54. The van der Waals surface area contributed by atoms with E-state index in [2.05, 4.69) is 52.2 Å². The molecule has 5 heteroatoms. The number of nitrogens with one attached hydrogen (secondary N) is 1. The van der Waals surface area contributed by atoms with Gasteiger partial charge in [0.05, 0.1) is 5.92 Å². The molecule has 0 saturated carbocycles. The summed E-state index contributed by atoms with van der Waals surface area (Å²) in [6, 6.07) is 8.16. The van der Waals surface area contributed by atoms with Crippen molar-refractivity contribution >= 4 is 15.9 Å². The Labute approximate surface area is 128 Å². The van der Waals surface area contributed by atoms with Crippen LogP contribution in [0.1, 0.15) is 32.6 Å². The van der Waals surface area contributed by atoms with Crippen molar-refractivity contribution < 1.29 is 4.52 Å². The number of likely N-dealkylation sites (N-methyl/N-ethyl adjacent to an activating group) is 1. The highest BCUT2D eigenvalue weighted by atomic mass is 79.9. The third-order valence-corrected chi connectivity index (χ3v) is 4.25. The van der Waals surface area contributed by atoms with Crippen LogP contribution in [0.15, 0.2) is 33.3 Å². The number of benzene rings is 1. The average Bonchev–Trinajstić information content (AvgIpc) is 2.88. The average molecular weight is 338 g/mol. The van der Waals surface area contributed by atoms with Gasteiger partial charge in [-0.25, -0.2) is 0 Å². The van der Waals surface area contributed by atoms with E-state index in [9.17, 15) is 0 Å². The molecule has 108 valence electrons. The summed E-state index contributed by atoms with van der Waals surface area (Å²) in [6.45, 7) is 6.47. The molecule has 0 radical (unpaired) electrons. The number of rotatable bonds is 5. The molecule has 2 rings (SSSR count). The summed E-state index contributed by atoms with van der Waals surface area (Å²) in [4.78, 5) is 4.58. The van der Waals surface area contributed by atoms with Crippen molar-refractivity contribution in [3.8, 4) is 11.4 Å². The lowest BCUT2D eigenvalue weighted by Crippen LogP contribution is -2.32. The molecule has 1 N–H and O–H groups in total. The van der Waals surface area contributed by atoms with Crippen LogP contribution in [-0.2, 0) is 0 Å². The van der Waals surface area contributed by atoms with Crippen molar-refractivity contribution in [1.29, 1.82) is 0 Å². The molecule has 4 nitrogen and oxygen atoms in total. The Bertz CT molecular complexity index is 568. The Morgan fingerprint density at radius 3 is 2.50 bits per heavy atom. The van der Waals surface area contributed by atoms with E-state index in [1.54, 1.807) is 0 Å². The SMILES string of the molecule is CNC(C)C(c1nc(-c2ccccc2Br)no1)C(C)C. The first kappa shape index (κ1) is 15.2. The molecule has 1 aromatic carbocycles. The van der Waals surface area contributed by atoms with E-state index < -0.39 is 0 Å². The molecule has 0 aliphatic carbocycles. The predicted octanol–water partition coefficient (Wildman–Crippen LogP) is 3.85. The molecule has 1 heterocycles. The van der Waals surface area contributed by atoms with Crippen LogP contribution in [0.25, 0.3) is 11.4 Å². The van der Waals surface area contributed by atoms with Gasteiger partial charge in [0.1, 0.15) is 0 Å². The van der Waals surface area contributed by atoms with Crippen LogP contribution < -0.4 is 5.32 Å². The van der Waals surface area contributed by atoms with E-state index in [1.165, 1.54) is 0 Å². The second kappa shape index (κ2) is 6.50. The van der Waals surface area contributed by atoms with E-state index in [-0.39, 0.29) is 12.0 Å². The van der Waals surface area contributed by atoms with Gasteiger partial charge in [-0.3, -0.25) is 0 Å². The Morgan fingerprint density at radius 1 is 1.20 bits per heavy atom. The van der Waals surface area contributed by atoms with E-state index in [4.69, 9.17) is 4.52 Å². The van der Waals surface area contributed by atoms with Gasteiger partial charge in [-0.2, -0.15) is 4.98 Å². The minimum Gasteiger partial charge on any atom is -0.339 e. The molecule has 0 bridgehead atoms. The lowest BCUT2D eigenvalue weighted by atomic mass is 9.89. The fraction of sp³-hybridized carbons (Fsp3) is 0.467. The first-order valence-corrected chi connectivity index (χ1v) is 7.59. The summed E-state index contributed by atoms with van der Waals surface area (Å²) in [5.41, 5.74) is 0.946. The first-order valence-electron chi connectivity index (χ1n) is 6.80. The van der Waals surface area contributed by atoms with Crippen LogP contribution in [0.3, 0.4) is 0 Å². The van der Waals surface area contributed by atoms with Gasteiger partial charge >= 0.3 is 0 Å². The zero-order valence-electron chi connectivity index (χ0n) is 12.2. The normalized spacial score (nSPS) is 14.5. The maximum Gasteiger partial charge on any atom is 0.231 e. The van der Waals surface area contributed by atoms with Crippen molar-refractivity contribution in [2.24, 2.45) is 5.92 Å². The summed E-state index contributed by atoms with van der Waals surface area (Å²) in [5, 5.41) is 7.39. The largest absolute Gasteiger partial charge is 0.339 e. The fourth-order valence-corrected chi connectivity index (χ4v) is 2.84. The van der Waals surface area contributed by atoms with Gasteiger partial charge in [-0.1, -0.05) is 47.1 Å². The molecule has 2 unspecified atom stereocenters. The van der Waals surface area contributed by atoms with E-state index in [0.29, 0.717) is 17.6 Å². The Balaban J connectivity index is 2.35. The maximum absolute atomic E-state index is 5.50. The summed E-state index contributed by atoms with van der Waals surface area (Å²) in [5.74, 6) is 1.93. The molecule has 0 amide bonds. The smallest absolute Gasteiger partial charge is 0.231 e. The number of nitrogens with zero attached hydrogens (tertiary/aromatic N) is 2. The summed E-state index contributed by atoms with van der Waals surface area (Å²) >= 11 is 3.52. The molecular formula is C15H20BrN3O. The van der Waals surface area contributed by atoms with E-state index in [0.717, 1.165) is 10.0 Å². The number of aromatic nitrogens is 2. The van der Waals surface area contributed by atoms with Gasteiger partial charge in [0.15, 0.2) is 0 Å². The van der Waals surface area contributed by atoms with E-state index >= 15 is 0 Å². The molecule has 2 atom stereocenters. The second-order valence-electron chi connectivity index (χ2n) is 5.28. The molecule has 20 heavy (non-hydrogen) atoms. The van der Waals surface area contributed by atoms with Crippen LogP contribution in [0.4, 0.5) is 0 Å². The zero-order valence-corrected chi connectivity index (χ0v) is 13.8. The standard InChI is InChI=1S/C15H20BrN3O/c1-9(2)13(10(3)17-4)15-18-14(19-20-15)11-7-5-6-8-12(11)16/h5-10,13,17H,1-4H3. The molecule has 0 fully saturated rings. The van der Waals surface area contributed by atoms with Crippen molar-refractivity contribution in [2.75, 3.05) is 7.05 Å². The molecule has 0 aliphatic rings. The van der Waals surface area contributed by atoms with Crippen molar-refractivity contribution in [3.05, 3.63) is 34.6 Å². The highest BCUT2D eigenvalue weighted by Crippen LogP contribution is 2.30. The number of halogens is 1. The van der Waals surface area contributed by atoms with Crippen LogP contribution >= 0.6 is 15.9 Å². The molecule has 0 spiro atoms. The summed E-state index contributed by atoms with van der Waals surface area (Å²) in [7, 11) is 1.95. The Morgan fingerprint density at radius 2 is 1.90 bits per heavy atom. The quantitative estimate of drug-likeness (QED) is 0.900. The Kier molecular flexibility index (Phi) is 4.94. The molecule has 2 aromatic rings. The lowest BCUT2D eigenvalue weighted by Gasteiger charge is -2.23. The monoisotopic (exact) mass is 337 g/mol. The molecule has 1 aromatic heterocycles. The van der Waals surface area contributed by atoms with Crippen LogP contribution in [0.5, 0.6) is 0 Å². The van der Waals surface area contributed by atoms with E-state index in [1.807, 2.05) is 31.3 Å². The number of hydrogen-bond donors (Lipinski definition) is 1. The van der Waals surface area contributed by atoms with Gasteiger partial charge in [-0.15, -0.1) is 0 Å². The van der Waals surface area contributed by atoms with Crippen LogP contribution in [0.2, 0.25) is 0 Å². The van der Waals surface area contributed by atoms with Gasteiger partial charge < -0.3 is 9.84 Å². The third-order valence-electron chi connectivity index (χ3n) is 3.55. The van der Waals surface area contributed by atoms with Gasteiger partial charge in [-0.05, 0) is 32.0 Å². The third kappa shape index (κ3) is 3.10. The topological polar surface area (TPSA) is 51.0 Å². The minimum absolute atomic E-state index is 0.198. The van der Waals surface area contributed by atoms with Crippen molar-refractivity contribution in [2.45, 2.75) is 32.7 Å². The van der Waals surface area contributed by atoms with Gasteiger partial charge in [0.25, 0.3) is 0 Å². The second-order valence-corrected chi connectivity index (χ2v) is 6.14. The highest BCUT2D eigenvalue weighted by Gasteiger charge is 2.27. The van der Waals surface area contributed by atoms with Crippen LogP contribution in [0, 0.1) is 5.92 Å². The molecular weight excluding hydrogens is 318 g/mol.